The minimum atomic E-state index is -1.56. The van der Waals surface area contributed by atoms with E-state index in [2.05, 4.69) is 10.6 Å². The van der Waals surface area contributed by atoms with Crippen LogP contribution in [0, 0.1) is 11.6 Å². The van der Waals surface area contributed by atoms with E-state index < -0.39 is 34.9 Å². The fourth-order valence-corrected chi connectivity index (χ4v) is 1.55. The monoisotopic (exact) mass is 296 g/mol. The van der Waals surface area contributed by atoms with Crippen molar-refractivity contribution >= 4 is 17.7 Å². The van der Waals surface area contributed by atoms with E-state index in [-0.39, 0.29) is 6.54 Å². The normalized spacial score (nSPS) is 10.2. The molecule has 0 aliphatic carbocycles. The van der Waals surface area contributed by atoms with Gasteiger partial charge < -0.3 is 20.2 Å². The fraction of sp³-hybridized carbons (Fsp3) is 0.0769. The van der Waals surface area contributed by atoms with Crippen LogP contribution in [0.4, 0.5) is 19.3 Å². The highest BCUT2D eigenvalue weighted by Gasteiger charge is 2.16. The standard InChI is InChI=1S/C13H10F2N2O4/c14-9-4-10(15)11(3-8(9)12(18)19)17-13(20)16-5-7-1-2-21-6-7/h1-4,6H,5H2,(H,18,19)(H2,16,17,20). The van der Waals surface area contributed by atoms with Crippen molar-refractivity contribution in [3.05, 3.63) is 53.5 Å². The predicted octanol–water partition coefficient (Wildman–Crippen LogP) is 2.58. The number of halogens is 2. The molecule has 0 saturated heterocycles. The topological polar surface area (TPSA) is 91.6 Å². The highest BCUT2D eigenvalue weighted by Crippen LogP contribution is 2.19. The Morgan fingerprint density at radius 1 is 1.24 bits per heavy atom. The number of carbonyl (C=O) groups is 2. The van der Waals surface area contributed by atoms with E-state index in [1.165, 1.54) is 12.5 Å². The number of anilines is 1. The van der Waals surface area contributed by atoms with Crippen molar-refractivity contribution < 1.29 is 27.9 Å². The van der Waals surface area contributed by atoms with Gasteiger partial charge in [0, 0.05) is 18.2 Å². The molecule has 1 heterocycles. The lowest BCUT2D eigenvalue weighted by Gasteiger charge is -2.09. The molecule has 0 aliphatic heterocycles. The maximum absolute atomic E-state index is 13.5. The fourth-order valence-electron chi connectivity index (χ4n) is 1.55. The second kappa shape index (κ2) is 6.04. The van der Waals surface area contributed by atoms with Crippen molar-refractivity contribution in [2.24, 2.45) is 0 Å². The lowest BCUT2D eigenvalue weighted by atomic mass is 10.2. The molecule has 3 N–H and O–H groups in total. The van der Waals surface area contributed by atoms with Crippen LogP contribution in [0.2, 0.25) is 0 Å². The third-order valence-corrected chi connectivity index (χ3v) is 2.57. The molecule has 0 saturated carbocycles. The quantitative estimate of drug-likeness (QED) is 0.808. The average Bonchev–Trinajstić information content (AvgIpc) is 2.92. The molecular weight excluding hydrogens is 286 g/mol. The van der Waals surface area contributed by atoms with Gasteiger partial charge in [-0.3, -0.25) is 0 Å². The van der Waals surface area contributed by atoms with Crippen LogP contribution in [0.3, 0.4) is 0 Å². The Bertz CT molecular complexity index is 671. The number of aromatic carboxylic acids is 1. The van der Waals surface area contributed by atoms with Gasteiger partial charge in [0.2, 0.25) is 0 Å². The Hall–Kier alpha value is -2.90. The Balaban J connectivity index is 2.06. The number of urea groups is 1. The van der Waals surface area contributed by atoms with Gasteiger partial charge in [-0.2, -0.15) is 0 Å². The van der Waals surface area contributed by atoms with Gasteiger partial charge in [-0.05, 0) is 12.1 Å². The van der Waals surface area contributed by atoms with Gasteiger partial charge in [-0.15, -0.1) is 0 Å². The molecule has 0 bridgehead atoms. The molecule has 1 aromatic heterocycles. The maximum Gasteiger partial charge on any atom is 0.338 e. The molecule has 6 nitrogen and oxygen atoms in total. The Kier molecular flexibility index (Phi) is 4.17. The molecule has 0 fully saturated rings. The van der Waals surface area contributed by atoms with Gasteiger partial charge in [-0.1, -0.05) is 0 Å². The SMILES string of the molecule is O=C(NCc1ccoc1)Nc1cc(C(=O)O)c(F)cc1F. The molecule has 110 valence electrons. The zero-order valence-corrected chi connectivity index (χ0v) is 10.5. The molecule has 2 aromatic rings. The van der Waals surface area contributed by atoms with Gasteiger partial charge >= 0.3 is 12.0 Å². The van der Waals surface area contributed by atoms with E-state index in [9.17, 15) is 18.4 Å². The number of carboxylic acid groups (broad SMARTS) is 1. The Morgan fingerprint density at radius 2 is 2.00 bits per heavy atom. The maximum atomic E-state index is 13.5. The number of hydrogen-bond acceptors (Lipinski definition) is 3. The summed E-state index contributed by atoms with van der Waals surface area (Å²) in [6.07, 6.45) is 2.84. The molecular formula is C13H10F2N2O4. The van der Waals surface area contributed by atoms with Gasteiger partial charge in [0.15, 0.2) is 0 Å². The van der Waals surface area contributed by atoms with Crippen LogP contribution in [0.25, 0.3) is 0 Å². The molecule has 2 rings (SSSR count). The summed E-state index contributed by atoms with van der Waals surface area (Å²) in [5.41, 5.74) is -0.476. The number of amides is 2. The van der Waals surface area contributed by atoms with Crippen LogP contribution < -0.4 is 10.6 Å². The molecule has 21 heavy (non-hydrogen) atoms. The van der Waals surface area contributed by atoms with Crippen LogP contribution in [0.5, 0.6) is 0 Å². The van der Waals surface area contributed by atoms with Crippen molar-refractivity contribution in [1.29, 1.82) is 0 Å². The second-order valence-corrected chi connectivity index (χ2v) is 4.06. The first-order valence-corrected chi connectivity index (χ1v) is 5.75. The van der Waals surface area contributed by atoms with E-state index >= 15 is 0 Å². The first-order chi connectivity index (χ1) is 9.97. The number of carboxylic acids is 1. The van der Waals surface area contributed by atoms with Crippen molar-refractivity contribution in [2.75, 3.05) is 5.32 Å². The van der Waals surface area contributed by atoms with E-state index in [4.69, 9.17) is 9.52 Å². The summed E-state index contributed by atoms with van der Waals surface area (Å²) in [5, 5.41) is 13.3. The molecule has 0 radical (unpaired) electrons. The van der Waals surface area contributed by atoms with Crippen LogP contribution in [0.1, 0.15) is 15.9 Å². The van der Waals surface area contributed by atoms with Crippen LogP contribution in [-0.4, -0.2) is 17.1 Å². The third kappa shape index (κ3) is 3.56. The Labute approximate surface area is 117 Å². The van der Waals surface area contributed by atoms with Gasteiger partial charge in [0.1, 0.15) is 11.6 Å². The summed E-state index contributed by atoms with van der Waals surface area (Å²) < 4.78 is 31.5. The van der Waals surface area contributed by atoms with E-state index in [1.54, 1.807) is 6.07 Å². The van der Waals surface area contributed by atoms with E-state index in [1.807, 2.05) is 0 Å². The third-order valence-electron chi connectivity index (χ3n) is 2.57. The van der Waals surface area contributed by atoms with Crippen molar-refractivity contribution in [3.63, 3.8) is 0 Å². The van der Waals surface area contributed by atoms with E-state index in [0.717, 1.165) is 0 Å². The minimum absolute atomic E-state index is 0.136. The summed E-state index contributed by atoms with van der Waals surface area (Å²) in [4.78, 5) is 22.3. The average molecular weight is 296 g/mol. The van der Waals surface area contributed by atoms with Crippen molar-refractivity contribution in [2.45, 2.75) is 6.54 Å². The predicted molar refractivity (Wildman–Crippen MR) is 67.9 cm³/mol. The molecule has 0 atom stereocenters. The summed E-state index contributed by atoms with van der Waals surface area (Å²) >= 11 is 0. The minimum Gasteiger partial charge on any atom is -0.478 e. The van der Waals surface area contributed by atoms with Crippen molar-refractivity contribution in [3.8, 4) is 0 Å². The Morgan fingerprint density at radius 3 is 2.62 bits per heavy atom. The molecule has 2 amide bonds. The first-order valence-electron chi connectivity index (χ1n) is 5.75. The number of benzene rings is 1. The van der Waals surface area contributed by atoms with Crippen LogP contribution >= 0.6 is 0 Å². The summed E-state index contributed by atoms with van der Waals surface area (Å²) in [6.45, 7) is 0.136. The van der Waals surface area contributed by atoms with Crippen LogP contribution in [0.15, 0.2) is 35.1 Å². The number of hydrogen-bond donors (Lipinski definition) is 3. The molecule has 8 heteroatoms. The number of nitrogens with one attached hydrogen (secondary N) is 2. The van der Waals surface area contributed by atoms with E-state index in [0.29, 0.717) is 17.7 Å². The number of furan rings is 1. The number of carbonyl (C=O) groups excluding carboxylic acids is 1. The lowest BCUT2D eigenvalue weighted by Crippen LogP contribution is -2.28. The van der Waals surface area contributed by atoms with Gasteiger partial charge in [0.05, 0.1) is 23.8 Å². The first kappa shape index (κ1) is 14.5. The molecule has 0 unspecified atom stereocenters. The van der Waals surface area contributed by atoms with Gasteiger partial charge in [0.25, 0.3) is 0 Å². The zero-order chi connectivity index (χ0) is 15.4. The molecule has 1 aromatic carbocycles. The summed E-state index contributed by atoms with van der Waals surface area (Å²) in [7, 11) is 0. The van der Waals surface area contributed by atoms with Crippen LogP contribution in [-0.2, 0) is 6.54 Å². The summed E-state index contributed by atoms with van der Waals surface area (Å²) in [5.74, 6) is -3.85. The lowest BCUT2D eigenvalue weighted by molar-refractivity contribution is 0.0692. The highest BCUT2D eigenvalue weighted by atomic mass is 19.1. The second-order valence-electron chi connectivity index (χ2n) is 4.06. The zero-order valence-electron chi connectivity index (χ0n) is 10.5. The number of rotatable bonds is 4. The van der Waals surface area contributed by atoms with Crippen molar-refractivity contribution in [1.82, 2.24) is 5.32 Å². The largest absolute Gasteiger partial charge is 0.478 e. The molecule has 0 spiro atoms. The summed E-state index contributed by atoms with van der Waals surface area (Å²) in [6, 6.07) is 1.97. The highest BCUT2D eigenvalue weighted by molar-refractivity contribution is 5.93. The van der Waals surface area contributed by atoms with Gasteiger partial charge in [-0.25, -0.2) is 18.4 Å². The molecule has 0 aliphatic rings. The smallest absolute Gasteiger partial charge is 0.338 e.